The number of benzene rings is 2. The molecule has 0 radical (unpaired) electrons. The summed E-state index contributed by atoms with van der Waals surface area (Å²) in [7, 11) is 1.71. The fourth-order valence-corrected chi connectivity index (χ4v) is 5.22. The Morgan fingerprint density at radius 3 is 2.68 bits per heavy atom. The monoisotopic (exact) mass is 460 g/mol. The van der Waals surface area contributed by atoms with Crippen LogP contribution in [0.3, 0.4) is 0 Å². The lowest BCUT2D eigenvalue weighted by Crippen LogP contribution is -2.53. The fraction of sp³-hybridized carbons (Fsp3) is 0.444. The first-order valence-corrected chi connectivity index (χ1v) is 12.4. The fourth-order valence-electron chi connectivity index (χ4n) is 5.22. The molecule has 2 aromatic carbocycles. The van der Waals surface area contributed by atoms with Gasteiger partial charge in [0.05, 0.1) is 18.8 Å². The second-order valence-electron chi connectivity index (χ2n) is 9.35. The molecule has 7 nitrogen and oxygen atoms in total. The van der Waals surface area contributed by atoms with Gasteiger partial charge in [0.15, 0.2) is 0 Å². The van der Waals surface area contributed by atoms with Gasteiger partial charge in [-0.05, 0) is 67.6 Å². The standard InChI is InChI=1S/C27H36N6O/c1-4-25(28)33-14-12-32(13-15-33)11-5-9-29-27-23-17-22-21-16-19(34-3)6-7-24(21)31-26(22)18(2)20(23)8-10-30-27/h6-8,10,16-17,25,31H,4-5,9,11-15,28H2,1-3H3,(H,29,30). The van der Waals surface area contributed by atoms with Gasteiger partial charge >= 0.3 is 0 Å². The van der Waals surface area contributed by atoms with Crippen LogP contribution in [0, 0.1) is 6.92 Å². The minimum atomic E-state index is 0.203. The molecule has 0 bridgehead atoms. The van der Waals surface area contributed by atoms with Gasteiger partial charge in [0, 0.05) is 60.6 Å². The number of hydrogen-bond donors (Lipinski definition) is 3. The smallest absolute Gasteiger partial charge is 0.133 e. The normalized spacial score (nSPS) is 16.5. The van der Waals surface area contributed by atoms with Crippen LogP contribution in [-0.4, -0.2) is 72.3 Å². The number of methoxy groups -OCH3 is 1. The van der Waals surface area contributed by atoms with Gasteiger partial charge in [-0.3, -0.25) is 4.90 Å². The number of aromatic amines is 1. The van der Waals surface area contributed by atoms with Crippen molar-refractivity contribution in [3.63, 3.8) is 0 Å². The maximum absolute atomic E-state index is 6.19. The minimum Gasteiger partial charge on any atom is -0.497 e. The number of piperazine rings is 1. The number of H-pyrrole nitrogens is 1. The van der Waals surface area contributed by atoms with Crippen LogP contribution in [0.5, 0.6) is 5.75 Å². The molecule has 1 atom stereocenters. The Morgan fingerprint density at radius 2 is 1.91 bits per heavy atom. The summed E-state index contributed by atoms with van der Waals surface area (Å²) in [5, 5.41) is 8.39. The maximum Gasteiger partial charge on any atom is 0.133 e. The van der Waals surface area contributed by atoms with E-state index in [2.05, 4.69) is 58.2 Å². The van der Waals surface area contributed by atoms with E-state index in [0.29, 0.717) is 0 Å². The second-order valence-corrected chi connectivity index (χ2v) is 9.35. The van der Waals surface area contributed by atoms with Crippen molar-refractivity contribution in [2.24, 2.45) is 5.73 Å². The van der Waals surface area contributed by atoms with E-state index >= 15 is 0 Å². The maximum atomic E-state index is 6.19. The van der Waals surface area contributed by atoms with Crippen molar-refractivity contribution in [3.05, 3.63) is 42.1 Å². The number of rotatable bonds is 8. The summed E-state index contributed by atoms with van der Waals surface area (Å²) in [6.07, 6.45) is 4.21. The van der Waals surface area contributed by atoms with Crippen LogP contribution >= 0.6 is 0 Å². The summed E-state index contributed by atoms with van der Waals surface area (Å²) < 4.78 is 5.47. The zero-order valence-electron chi connectivity index (χ0n) is 20.5. The van der Waals surface area contributed by atoms with Gasteiger partial charge in [-0.1, -0.05) is 6.92 Å². The van der Waals surface area contributed by atoms with E-state index in [9.17, 15) is 0 Å². The lowest BCUT2D eigenvalue weighted by molar-refractivity contribution is 0.0961. The molecular weight excluding hydrogens is 424 g/mol. The molecule has 0 aliphatic carbocycles. The van der Waals surface area contributed by atoms with Gasteiger partial charge in [0.1, 0.15) is 11.6 Å². The highest BCUT2D eigenvalue weighted by atomic mass is 16.5. The number of aryl methyl sites for hydroxylation is 1. The average Bonchev–Trinajstić information content (AvgIpc) is 3.25. The van der Waals surface area contributed by atoms with Gasteiger partial charge in [0.2, 0.25) is 0 Å². The van der Waals surface area contributed by atoms with Gasteiger partial charge in [0.25, 0.3) is 0 Å². The van der Waals surface area contributed by atoms with Gasteiger partial charge in [-0.2, -0.15) is 0 Å². The highest BCUT2D eigenvalue weighted by Gasteiger charge is 2.20. The molecule has 5 rings (SSSR count). The molecule has 1 saturated heterocycles. The average molecular weight is 461 g/mol. The lowest BCUT2D eigenvalue weighted by atomic mass is 10.0. The number of pyridine rings is 1. The molecule has 1 aliphatic rings. The first kappa shape index (κ1) is 22.9. The molecule has 7 heteroatoms. The van der Waals surface area contributed by atoms with E-state index in [0.717, 1.165) is 69.2 Å². The molecule has 34 heavy (non-hydrogen) atoms. The highest BCUT2D eigenvalue weighted by molar-refractivity contribution is 6.15. The minimum absolute atomic E-state index is 0.203. The number of nitrogens with two attached hydrogens (primary N) is 1. The molecule has 2 aromatic heterocycles. The largest absolute Gasteiger partial charge is 0.497 e. The first-order valence-electron chi connectivity index (χ1n) is 12.4. The quantitative estimate of drug-likeness (QED) is 0.340. The van der Waals surface area contributed by atoms with E-state index in [1.54, 1.807) is 7.11 Å². The van der Waals surface area contributed by atoms with Crippen LogP contribution in [0.25, 0.3) is 32.6 Å². The molecule has 0 spiro atoms. The molecule has 180 valence electrons. The number of hydrogen-bond acceptors (Lipinski definition) is 6. The van der Waals surface area contributed by atoms with E-state index < -0.39 is 0 Å². The molecule has 4 N–H and O–H groups in total. The van der Waals surface area contributed by atoms with Crippen LogP contribution in [0.15, 0.2) is 36.5 Å². The summed E-state index contributed by atoms with van der Waals surface area (Å²) in [5.74, 6) is 1.83. The van der Waals surface area contributed by atoms with Crippen molar-refractivity contribution in [3.8, 4) is 5.75 Å². The SMILES string of the molecule is CCC(N)N1CCN(CCCNc2nccc3c(C)c4[nH]c5ccc(OC)cc5c4cc23)CC1. The van der Waals surface area contributed by atoms with Crippen LogP contribution in [-0.2, 0) is 0 Å². The predicted octanol–water partition coefficient (Wildman–Crippen LogP) is 4.30. The van der Waals surface area contributed by atoms with E-state index in [4.69, 9.17) is 15.5 Å². The summed E-state index contributed by atoms with van der Waals surface area (Å²) in [6, 6.07) is 10.6. The molecule has 3 heterocycles. The summed E-state index contributed by atoms with van der Waals surface area (Å²) in [4.78, 5) is 13.2. The Labute approximate surface area is 201 Å². The number of anilines is 1. The Balaban J connectivity index is 1.31. The Bertz CT molecular complexity index is 1290. The van der Waals surface area contributed by atoms with Gasteiger partial charge in [-0.15, -0.1) is 0 Å². The number of nitrogens with one attached hydrogen (secondary N) is 2. The molecule has 0 saturated carbocycles. The Hall–Kier alpha value is -2.87. The molecule has 4 aromatic rings. The first-order chi connectivity index (χ1) is 16.6. The molecule has 1 fully saturated rings. The van der Waals surface area contributed by atoms with E-state index in [1.807, 2.05) is 12.3 Å². The highest BCUT2D eigenvalue weighted by Crippen LogP contribution is 2.36. The molecule has 1 aliphatic heterocycles. The Morgan fingerprint density at radius 1 is 1.09 bits per heavy atom. The zero-order chi connectivity index (χ0) is 23.7. The summed E-state index contributed by atoms with van der Waals surface area (Å²) in [5.41, 5.74) is 9.73. The number of aromatic nitrogens is 2. The van der Waals surface area contributed by atoms with Crippen molar-refractivity contribution in [2.75, 3.05) is 51.7 Å². The van der Waals surface area contributed by atoms with Crippen LogP contribution < -0.4 is 15.8 Å². The second kappa shape index (κ2) is 9.78. The van der Waals surface area contributed by atoms with Crippen molar-refractivity contribution in [1.29, 1.82) is 0 Å². The van der Waals surface area contributed by atoms with Crippen molar-refractivity contribution < 1.29 is 4.74 Å². The lowest BCUT2D eigenvalue weighted by Gasteiger charge is -2.37. The van der Waals surface area contributed by atoms with Gasteiger partial charge in [-0.25, -0.2) is 4.98 Å². The third-order valence-corrected chi connectivity index (χ3v) is 7.34. The molecular formula is C27H36N6O. The van der Waals surface area contributed by atoms with Crippen LogP contribution in [0.4, 0.5) is 5.82 Å². The zero-order valence-corrected chi connectivity index (χ0v) is 20.5. The van der Waals surface area contributed by atoms with Crippen molar-refractivity contribution >= 4 is 38.4 Å². The number of nitrogens with zero attached hydrogens (tertiary/aromatic N) is 3. The molecule has 1 unspecified atom stereocenters. The Kier molecular flexibility index (Phi) is 6.59. The van der Waals surface area contributed by atoms with Crippen LogP contribution in [0.1, 0.15) is 25.3 Å². The third-order valence-electron chi connectivity index (χ3n) is 7.34. The summed E-state index contributed by atoms with van der Waals surface area (Å²) >= 11 is 0. The summed E-state index contributed by atoms with van der Waals surface area (Å²) in [6.45, 7) is 10.7. The number of ether oxygens (including phenoxy) is 1. The predicted molar refractivity (Wildman–Crippen MR) is 142 cm³/mol. The molecule has 0 amide bonds. The number of fused-ring (bicyclic) bond motifs is 4. The topological polar surface area (TPSA) is 82.4 Å². The van der Waals surface area contributed by atoms with Crippen LogP contribution in [0.2, 0.25) is 0 Å². The van der Waals surface area contributed by atoms with Crippen molar-refractivity contribution in [1.82, 2.24) is 19.8 Å². The third kappa shape index (κ3) is 4.31. The van der Waals surface area contributed by atoms with E-state index in [-0.39, 0.29) is 6.17 Å². The van der Waals surface area contributed by atoms with Gasteiger partial charge < -0.3 is 25.7 Å². The van der Waals surface area contributed by atoms with Crippen molar-refractivity contribution in [2.45, 2.75) is 32.9 Å². The van der Waals surface area contributed by atoms with E-state index in [1.165, 1.54) is 32.6 Å².